The molecular formula is C15H18BrN3. The number of rotatable bonds is 1. The fourth-order valence-corrected chi connectivity index (χ4v) is 3.40. The van der Waals surface area contributed by atoms with Gasteiger partial charge in [0.05, 0.1) is 0 Å². The average molecular weight is 320 g/mol. The van der Waals surface area contributed by atoms with Gasteiger partial charge in [-0.05, 0) is 31.9 Å². The molecule has 2 atom stereocenters. The lowest BCUT2D eigenvalue weighted by Crippen LogP contribution is -2.46. The maximum absolute atomic E-state index is 6.05. The lowest BCUT2D eigenvalue weighted by Gasteiger charge is -2.37. The van der Waals surface area contributed by atoms with E-state index in [2.05, 4.69) is 57.0 Å². The lowest BCUT2D eigenvalue weighted by molar-refractivity contribution is 0.428. The van der Waals surface area contributed by atoms with Crippen molar-refractivity contribution in [3.8, 4) is 0 Å². The van der Waals surface area contributed by atoms with Gasteiger partial charge in [-0.1, -0.05) is 28.1 Å². The van der Waals surface area contributed by atoms with Gasteiger partial charge in [0, 0.05) is 40.1 Å². The number of aromatic nitrogens is 1. The molecule has 1 fully saturated rings. The monoisotopic (exact) mass is 319 g/mol. The van der Waals surface area contributed by atoms with Crippen LogP contribution < -0.4 is 10.6 Å². The maximum Gasteiger partial charge on any atom is 0.136 e. The minimum absolute atomic E-state index is 0.327. The molecule has 2 aromatic rings. The molecule has 0 aliphatic carbocycles. The first kappa shape index (κ1) is 12.9. The molecule has 0 bridgehead atoms. The Morgan fingerprint density at radius 1 is 1.32 bits per heavy atom. The van der Waals surface area contributed by atoms with Crippen molar-refractivity contribution in [1.82, 2.24) is 4.98 Å². The SMILES string of the molecule is CC1CC(N)CCN1c1nccc2c(Br)cccc12. The van der Waals surface area contributed by atoms with Crippen LogP contribution in [0, 0.1) is 0 Å². The van der Waals surface area contributed by atoms with E-state index in [9.17, 15) is 0 Å². The van der Waals surface area contributed by atoms with Crippen LogP contribution in [-0.4, -0.2) is 23.6 Å². The largest absolute Gasteiger partial charge is 0.353 e. The molecule has 2 unspecified atom stereocenters. The van der Waals surface area contributed by atoms with Gasteiger partial charge >= 0.3 is 0 Å². The number of halogens is 1. The molecule has 100 valence electrons. The molecule has 0 radical (unpaired) electrons. The van der Waals surface area contributed by atoms with Crippen molar-refractivity contribution in [3.05, 3.63) is 34.9 Å². The van der Waals surface area contributed by atoms with Crippen LogP contribution in [0.4, 0.5) is 5.82 Å². The summed E-state index contributed by atoms with van der Waals surface area (Å²) in [5.41, 5.74) is 6.05. The van der Waals surface area contributed by atoms with Crippen molar-refractivity contribution in [2.75, 3.05) is 11.4 Å². The van der Waals surface area contributed by atoms with E-state index in [1.54, 1.807) is 0 Å². The number of nitrogens with zero attached hydrogens (tertiary/aromatic N) is 2. The molecular weight excluding hydrogens is 302 g/mol. The Bertz CT molecular complexity index is 599. The van der Waals surface area contributed by atoms with Crippen LogP contribution >= 0.6 is 15.9 Å². The van der Waals surface area contributed by atoms with Crippen molar-refractivity contribution < 1.29 is 0 Å². The van der Waals surface area contributed by atoms with E-state index < -0.39 is 0 Å². The van der Waals surface area contributed by atoms with Gasteiger partial charge in [-0.2, -0.15) is 0 Å². The Hall–Kier alpha value is -1.13. The lowest BCUT2D eigenvalue weighted by atomic mass is 9.98. The summed E-state index contributed by atoms with van der Waals surface area (Å²) < 4.78 is 1.12. The Morgan fingerprint density at radius 2 is 2.16 bits per heavy atom. The van der Waals surface area contributed by atoms with Crippen LogP contribution in [0.25, 0.3) is 10.8 Å². The Labute approximate surface area is 121 Å². The van der Waals surface area contributed by atoms with E-state index in [4.69, 9.17) is 5.73 Å². The van der Waals surface area contributed by atoms with Gasteiger partial charge < -0.3 is 10.6 Å². The summed E-state index contributed by atoms with van der Waals surface area (Å²) in [5, 5.41) is 2.42. The molecule has 3 rings (SSSR count). The van der Waals surface area contributed by atoms with E-state index in [1.165, 1.54) is 10.8 Å². The zero-order valence-corrected chi connectivity index (χ0v) is 12.6. The fourth-order valence-electron chi connectivity index (χ4n) is 2.91. The third kappa shape index (κ3) is 2.35. The molecule has 1 aromatic heterocycles. The summed E-state index contributed by atoms with van der Waals surface area (Å²) in [5.74, 6) is 1.08. The molecule has 1 aliphatic heterocycles. The van der Waals surface area contributed by atoms with E-state index in [0.29, 0.717) is 12.1 Å². The van der Waals surface area contributed by atoms with Crippen LogP contribution in [-0.2, 0) is 0 Å². The molecule has 0 saturated carbocycles. The summed E-state index contributed by atoms with van der Waals surface area (Å²) in [4.78, 5) is 7.00. The number of nitrogens with two attached hydrogens (primary N) is 1. The fraction of sp³-hybridized carbons (Fsp3) is 0.400. The smallest absolute Gasteiger partial charge is 0.136 e. The highest BCUT2D eigenvalue weighted by Crippen LogP contribution is 2.32. The second-order valence-corrected chi connectivity index (χ2v) is 6.15. The average Bonchev–Trinajstić information content (AvgIpc) is 2.39. The Balaban J connectivity index is 2.08. The molecule has 1 aromatic carbocycles. The first-order valence-corrected chi connectivity index (χ1v) is 7.51. The number of fused-ring (bicyclic) bond motifs is 1. The van der Waals surface area contributed by atoms with Crippen molar-refractivity contribution >= 4 is 32.5 Å². The van der Waals surface area contributed by atoms with Gasteiger partial charge in [-0.25, -0.2) is 4.98 Å². The highest BCUT2D eigenvalue weighted by molar-refractivity contribution is 9.10. The van der Waals surface area contributed by atoms with Gasteiger partial charge in [0.25, 0.3) is 0 Å². The van der Waals surface area contributed by atoms with Gasteiger partial charge in [-0.15, -0.1) is 0 Å². The molecule has 1 aliphatic rings. The summed E-state index contributed by atoms with van der Waals surface area (Å²) in [6.07, 6.45) is 3.96. The molecule has 2 heterocycles. The third-order valence-corrected chi connectivity index (χ3v) is 4.61. The van der Waals surface area contributed by atoms with Gasteiger partial charge in [0.15, 0.2) is 0 Å². The highest BCUT2D eigenvalue weighted by Gasteiger charge is 2.25. The molecule has 1 saturated heterocycles. The zero-order valence-electron chi connectivity index (χ0n) is 11.0. The molecule has 19 heavy (non-hydrogen) atoms. The standard InChI is InChI=1S/C15H18BrN3/c1-10-9-11(17)6-8-19(10)15-13-3-2-4-14(16)12(13)5-7-18-15/h2-5,7,10-11H,6,8-9,17H2,1H3. The minimum Gasteiger partial charge on any atom is -0.353 e. The molecule has 3 nitrogen and oxygen atoms in total. The van der Waals surface area contributed by atoms with Crippen LogP contribution in [0.2, 0.25) is 0 Å². The van der Waals surface area contributed by atoms with Crippen molar-refractivity contribution in [2.24, 2.45) is 5.73 Å². The number of benzene rings is 1. The Kier molecular flexibility index (Phi) is 3.46. The number of anilines is 1. The summed E-state index contributed by atoms with van der Waals surface area (Å²) >= 11 is 3.61. The summed E-state index contributed by atoms with van der Waals surface area (Å²) in [6.45, 7) is 3.22. The number of piperidine rings is 1. The first-order chi connectivity index (χ1) is 9.16. The van der Waals surface area contributed by atoms with Crippen molar-refractivity contribution in [2.45, 2.75) is 31.8 Å². The number of hydrogen-bond acceptors (Lipinski definition) is 3. The van der Waals surface area contributed by atoms with E-state index in [0.717, 1.165) is 29.7 Å². The predicted octanol–water partition coefficient (Wildman–Crippen LogP) is 3.31. The second kappa shape index (κ2) is 5.10. The first-order valence-electron chi connectivity index (χ1n) is 6.72. The van der Waals surface area contributed by atoms with E-state index in [1.807, 2.05) is 6.20 Å². The van der Waals surface area contributed by atoms with Gasteiger partial charge in [-0.3, -0.25) is 0 Å². The Morgan fingerprint density at radius 3 is 2.95 bits per heavy atom. The van der Waals surface area contributed by atoms with Crippen molar-refractivity contribution in [3.63, 3.8) is 0 Å². The maximum atomic E-state index is 6.05. The summed E-state index contributed by atoms with van der Waals surface area (Å²) in [6, 6.07) is 9.11. The molecule has 0 spiro atoms. The number of hydrogen-bond donors (Lipinski definition) is 1. The molecule has 4 heteroatoms. The zero-order chi connectivity index (χ0) is 13.4. The van der Waals surface area contributed by atoms with E-state index >= 15 is 0 Å². The predicted molar refractivity (Wildman–Crippen MR) is 83.5 cm³/mol. The quantitative estimate of drug-likeness (QED) is 0.876. The second-order valence-electron chi connectivity index (χ2n) is 5.30. The van der Waals surface area contributed by atoms with Crippen molar-refractivity contribution in [1.29, 1.82) is 0 Å². The molecule has 2 N–H and O–H groups in total. The van der Waals surface area contributed by atoms with Crippen LogP contribution in [0.3, 0.4) is 0 Å². The van der Waals surface area contributed by atoms with Gasteiger partial charge in [0.2, 0.25) is 0 Å². The summed E-state index contributed by atoms with van der Waals surface area (Å²) in [7, 11) is 0. The third-order valence-electron chi connectivity index (χ3n) is 3.92. The van der Waals surface area contributed by atoms with Gasteiger partial charge in [0.1, 0.15) is 5.82 Å². The topological polar surface area (TPSA) is 42.1 Å². The number of pyridine rings is 1. The normalized spacial score (nSPS) is 23.8. The minimum atomic E-state index is 0.327. The highest BCUT2D eigenvalue weighted by atomic mass is 79.9. The van der Waals surface area contributed by atoms with Crippen LogP contribution in [0.1, 0.15) is 19.8 Å². The van der Waals surface area contributed by atoms with Crippen LogP contribution in [0.5, 0.6) is 0 Å². The van der Waals surface area contributed by atoms with Crippen LogP contribution in [0.15, 0.2) is 34.9 Å². The van der Waals surface area contributed by atoms with E-state index in [-0.39, 0.29) is 0 Å². The molecule has 0 amide bonds.